The smallest absolute Gasteiger partial charge is 0.363 e. The highest BCUT2D eigenvalue weighted by molar-refractivity contribution is 9.10. The number of carbonyl (C=O) groups excluding carboxylic acids is 1. The van der Waals surface area contributed by atoms with Gasteiger partial charge in [-0.05, 0) is 42.8 Å². The molecule has 0 saturated carbocycles. The van der Waals surface area contributed by atoms with Crippen molar-refractivity contribution in [2.75, 3.05) is 0 Å². The number of aryl methyl sites for hydroxylation is 1. The van der Waals surface area contributed by atoms with E-state index in [-0.39, 0.29) is 5.70 Å². The number of nitrogens with zero attached hydrogens (tertiary/aromatic N) is 1. The molecule has 0 fully saturated rings. The number of esters is 1. The van der Waals surface area contributed by atoms with Gasteiger partial charge in [-0.1, -0.05) is 46.3 Å². The number of cyclic esters (lactones) is 1. The number of carbonyl (C=O) groups is 1. The minimum Gasteiger partial charge on any atom is -0.457 e. The quantitative estimate of drug-likeness (QED) is 0.433. The highest BCUT2D eigenvalue weighted by Gasteiger charge is 2.25. The van der Waals surface area contributed by atoms with Crippen LogP contribution in [0.3, 0.4) is 0 Å². The second-order valence-corrected chi connectivity index (χ2v) is 6.78. The Morgan fingerprint density at radius 1 is 1.00 bits per heavy atom. The van der Waals surface area contributed by atoms with Crippen molar-refractivity contribution >= 4 is 33.9 Å². The third-order valence-corrected chi connectivity index (χ3v) is 4.56. The number of benzene rings is 2. The molecule has 2 heterocycles. The molecule has 26 heavy (non-hydrogen) atoms. The molecule has 5 heteroatoms. The van der Waals surface area contributed by atoms with Gasteiger partial charge in [0.1, 0.15) is 11.5 Å². The van der Waals surface area contributed by atoms with Gasteiger partial charge in [-0.3, -0.25) is 0 Å². The zero-order chi connectivity index (χ0) is 18.1. The number of aliphatic imine (C=N–C) groups is 1. The molecule has 1 aliphatic heterocycles. The Balaban J connectivity index is 1.63. The van der Waals surface area contributed by atoms with Crippen LogP contribution in [0.4, 0.5) is 0 Å². The summed E-state index contributed by atoms with van der Waals surface area (Å²) < 4.78 is 12.1. The molecule has 0 radical (unpaired) electrons. The van der Waals surface area contributed by atoms with Gasteiger partial charge in [0.2, 0.25) is 5.90 Å². The molecule has 0 bridgehead atoms. The average molecular weight is 408 g/mol. The molecule has 1 aliphatic rings. The Kier molecular flexibility index (Phi) is 4.31. The third kappa shape index (κ3) is 3.26. The lowest BCUT2D eigenvalue weighted by Gasteiger charge is -2.02. The molecule has 0 atom stereocenters. The van der Waals surface area contributed by atoms with E-state index < -0.39 is 5.97 Å². The first-order valence-corrected chi connectivity index (χ1v) is 8.84. The van der Waals surface area contributed by atoms with E-state index in [4.69, 9.17) is 9.15 Å². The van der Waals surface area contributed by atoms with Crippen molar-refractivity contribution < 1.29 is 13.9 Å². The maximum Gasteiger partial charge on any atom is 0.363 e. The van der Waals surface area contributed by atoms with Crippen molar-refractivity contribution in [3.8, 4) is 11.3 Å². The van der Waals surface area contributed by atoms with E-state index in [1.165, 1.54) is 0 Å². The minimum atomic E-state index is -0.482. The SMILES string of the molecule is Cc1ccccc1C1=NC(=Cc2ccc(-c3ccc(Br)cc3)o2)C(=O)O1. The van der Waals surface area contributed by atoms with E-state index in [9.17, 15) is 4.79 Å². The van der Waals surface area contributed by atoms with Crippen molar-refractivity contribution in [2.45, 2.75) is 6.92 Å². The standard InChI is InChI=1S/C21H14BrNO3/c1-13-4-2-3-5-17(13)20-23-18(21(24)26-20)12-16-10-11-19(25-16)14-6-8-15(22)9-7-14/h2-12H,1H3. The molecule has 128 valence electrons. The Morgan fingerprint density at radius 2 is 1.77 bits per heavy atom. The zero-order valence-corrected chi connectivity index (χ0v) is 15.5. The minimum absolute atomic E-state index is 0.222. The molecule has 0 spiro atoms. The summed E-state index contributed by atoms with van der Waals surface area (Å²) >= 11 is 3.41. The second-order valence-electron chi connectivity index (χ2n) is 5.86. The molecule has 0 amide bonds. The van der Waals surface area contributed by atoms with Gasteiger partial charge in [-0.15, -0.1) is 0 Å². The van der Waals surface area contributed by atoms with Gasteiger partial charge in [0, 0.05) is 21.7 Å². The molecule has 0 N–H and O–H groups in total. The van der Waals surface area contributed by atoms with E-state index in [0.717, 1.165) is 26.9 Å². The van der Waals surface area contributed by atoms with Crippen molar-refractivity contribution in [3.63, 3.8) is 0 Å². The normalized spacial score (nSPS) is 15.2. The monoisotopic (exact) mass is 407 g/mol. The molecule has 4 rings (SSSR count). The second kappa shape index (κ2) is 6.77. The summed E-state index contributed by atoms with van der Waals surface area (Å²) in [6, 6.07) is 19.1. The largest absolute Gasteiger partial charge is 0.457 e. The highest BCUT2D eigenvalue weighted by atomic mass is 79.9. The van der Waals surface area contributed by atoms with Gasteiger partial charge in [-0.2, -0.15) is 0 Å². The fraction of sp³-hybridized carbons (Fsp3) is 0.0476. The van der Waals surface area contributed by atoms with Gasteiger partial charge in [0.15, 0.2) is 5.70 Å². The zero-order valence-electron chi connectivity index (χ0n) is 13.9. The van der Waals surface area contributed by atoms with Crippen LogP contribution in [0.5, 0.6) is 0 Å². The molecule has 1 aromatic heterocycles. The fourth-order valence-corrected chi connectivity index (χ4v) is 2.94. The Bertz CT molecular complexity index is 1050. The average Bonchev–Trinajstić information content (AvgIpc) is 3.24. The Hall–Kier alpha value is -2.92. The van der Waals surface area contributed by atoms with Crippen molar-refractivity contribution in [3.05, 3.63) is 87.7 Å². The molecule has 0 unspecified atom stereocenters. The number of halogens is 1. The maximum atomic E-state index is 12.1. The van der Waals surface area contributed by atoms with Gasteiger partial charge < -0.3 is 9.15 Å². The first kappa shape index (κ1) is 16.5. The molecule has 0 aliphatic carbocycles. The van der Waals surface area contributed by atoms with Crippen LogP contribution in [0, 0.1) is 6.92 Å². The van der Waals surface area contributed by atoms with Crippen LogP contribution < -0.4 is 0 Å². The van der Waals surface area contributed by atoms with E-state index >= 15 is 0 Å². The first-order chi connectivity index (χ1) is 12.6. The van der Waals surface area contributed by atoms with Crippen molar-refractivity contribution in [1.82, 2.24) is 0 Å². The van der Waals surface area contributed by atoms with Gasteiger partial charge in [-0.25, -0.2) is 9.79 Å². The summed E-state index contributed by atoms with van der Waals surface area (Å²) in [6.45, 7) is 1.95. The molecule has 3 aromatic rings. The van der Waals surface area contributed by atoms with Gasteiger partial charge in [0.25, 0.3) is 0 Å². The van der Waals surface area contributed by atoms with E-state index in [0.29, 0.717) is 11.7 Å². The lowest BCUT2D eigenvalue weighted by Crippen LogP contribution is -2.06. The van der Waals surface area contributed by atoms with Crippen molar-refractivity contribution in [2.24, 2.45) is 4.99 Å². The molecular weight excluding hydrogens is 394 g/mol. The molecular formula is C21H14BrNO3. The highest BCUT2D eigenvalue weighted by Crippen LogP contribution is 2.26. The fourth-order valence-electron chi connectivity index (χ4n) is 2.67. The van der Waals surface area contributed by atoms with Crippen LogP contribution in [0.2, 0.25) is 0 Å². The van der Waals surface area contributed by atoms with Crippen LogP contribution in [0.25, 0.3) is 17.4 Å². The Labute approximate surface area is 159 Å². The maximum absolute atomic E-state index is 12.1. The molecule has 4 nitrogen and oxygen atoms in total. The molecule has 0 saturated heterocycles. The summed E-state index contributed by atoms with van der Waals surface area (Å²) in [5.74, 6) is 1.10. The van der Waals surface area contributed by atoms with E-state index in [2.05, 4.69) is 20.9 Å². The van der Waals surface area contributed by atoms with Crippen LogP contribution >= 0.6 is 15.9 Å². The van der Waals surface area contributed by atoms with Gasteiger partial charge >= 0.3 is 5.97 Å². The third-order valence-electron chi connectivity index (χ3n) is 4.03. The number of hydrogen-bond acceptors (Lipinski definition) is 4. The lowest BCUT2D eigenvalue weighted by atomic mass is 10.1. The summed E-state index contributed by atoms with van der Waals surface area (Å²) in [4.78, 5) is 16.5. The van der Waals surface area contributed by atoms with E-state index in [1.807, 2.05) is 61.5 Å². The van der Waals surface area contributed by atoms with Crippen LogP contribution in [0.15, 0.2) is 80.2 Å². The summed E-state index contributed by atoms with van der Waals surface area (Å²) in [5.41, 5.74) is 2.98. The predicted octanol–water partition coefficient (Wildman–Crippen LogP) is 5.36. The number of hydrogen-bond donors (Lipinski definition) is 0. The topological polar surface area (TPSA) is 51.8 Å². The molecule has 2 aromatic carbocycles. The summed E-state index contributed by atoms with van der Waals surface area (Å²) in [6.07, 6.45) is 1.59. The van der Waals surface area contributed by atoms with E-state index in [1.54, 1.807) is 12.1 Å². The number of furan rings is 1. The first-order valence-electron chi connectivity index (χ1n) is 8.04. The van der Waals surface area contributed by atoms with Crippen LogP contribution in [0.1, 0.15) is 16.9 Å². The number of rotatable bonds is 3. The summed E-state index contributed by atoms with van der Waals surface area (Å²) in [5, 5.41) is 0. The van der Waals surface area contributed by atoms with Crippen LogP contribution in [-0.2, 0) is 9.53 Å². The van der Waals surface area contributed by atoms with Gasteiger partial charge in [0.05, 0.1) is 0 Å². The Morgan fingerprint density at radius 3 is 2.54 bits per heavy atom. The lowest BCUT2D eigenvalue weighted by molar-refractivity contribution is -0.129. The predicted molar refractivity (Wildman–Crippen MR) is 104 cm³/mol. The summed E-state index contributed by atoms with van der Waals surface area (Å²) in [7, 11) is 0. The number of ether oxygens (including phenoxy) is 1. The van der Waals surface area contributed by atoms with Crippen molar-refractivity contribution in [1.29, 1.82) is 0 Å². The van der Waals surface area contributed by atoms with Crippen LogP contribution in [-0.4, -0.2) is 11.9 Å².